The molecule has 24 heteroatoms. The second-order valence-electron chi connectivity index (χ2n) is 26.6. The van der Waals surface area contributed by atoms with Crippen LogP contribution in [0, 0.1) is 13.8 Å². The molecule has 0 spiro atoms. The molecule has 8 aromatic rings. The van der Waals surface area contributed by atoms with Crippen LogP contribution in [0.4, 0.5) is 34.9 Å². The fraction of sp³-hybridized carbons (Fsp3) is 0.467. The molecule has 2 saturated carbocycles. The van der Waals surface area contributed by atoms with E-state index in [0.717, 1.165) is 166 Å². The SMILES string of the molecule is C1CCOC1.CC(=O)c1c(C)c2cnc(Nc3ccc(N4CCN(Cc5ccc(C(=O)CO)cc5)CC4)cn3)nc2n(C2CCCC2)c1=O.CC(=O)c1c(C)c2cnc(Nc3ccc(N4CCN(Cc5ccc(C(=O)COC6CCCCO6)cc5)CC4)cn3)nc2n(C2CCCC2)c1=O. The smallest absolute Gasteiger partial charge is 0.263 e. The van der Waals surface area contributed by atoms with Crippen molar-refractivity contribution < 1.29 is 38.5 Å². The van der Waals surface area contributed by atoms with Crippen LogP contribution in [0.2, 0.25) is 0 Å². The number of carbonyl (C=O) groups excluding carboxylic acids is 4. The lowest BCUT2D eigenvalue weighted by Crippen LogP contribution is -2.46. The largest absolute Gasteiger partial charge is 0.388 e. The first-order chi connectivity index (χ1) is 48.2. The first-order valence-electron chi connectivity index (χ1n) is 35.1. The minimum Gasteiger partial charge on any atom is -0.388 e. The number of hydrogen-bond acceptors (Lipinski definition) is 22. The number of nitrogens with one attached hydrogen (secondary N) is 2. The van der Waals surface area contributed by atoms with Crippen molar-refractivity contribution in [3.8, 4) is 0 Å². The zero-order valence-corrected chi connectivity index (χ0v) is 57.3. The minimum atomic E-state index is -0.474. The fourth-order valence-corrected chi connectivity index (χ4v) is 14.3. The van der Waals surface area contributed by atoms with Gasteiger partial charge >= 0.3 is 0 Å². The monoisotopic (exact) mass is 1350 g/mol. The molecule has 520 valence electrons. The average Bonchev–Trinajstić information content (AvgIpc) is 1.65. The summed E-state index contributed by atoms with van der Waals surface area (Å²) >= 11 is 0. The van der Waals surface area contributed by atoms with Crippen molar-refractivity contribution in [2.24, 2.45) is 0 Å². The quantitative estimate of drug-likeness (QED) is 0.0598. The van der Waals surface area contributed by atoms with Gasteiger partial charge in [-0.3, -0.25) is 47.7 Å². The van der Waals surface area contributed by atoms with Crippen molar-refractivity contribution >= 4 is 80.1 Å². The summed E-state index contributed by atoms with van der Waals surface area (Å²) in [7, 11) is 0. The van der Waals surface area contributed by atoms with E-state index in [1.54, 1.807) is 47.5 Å². The zero-order valence-electron chi connectivity index (χ0n) is 57.3. The van der Waals surface area contributed by atoms with Crippen LogP contribution >= 0.6 is 0 Å². The summed E-state index contributed by atoms with van der Waals surface area (Å²) in [5.41, 5.74) is 7.82. The second kappa shape index (κ2) is 32.8. The first-order valence-corrected chi connectivity index (χ1v) is 35.1. The highest BCUT2D eigenvalue weighted by Gasteiger charge is 2.29. The van der Waals surface area contributed by atoms with Crippen LogP contribution in [0.15, 0.2) is 107 Å². The van der Waals surface area contributed by atoms with E-state index in [4.69, 9.17) is 29.3 Å². The molecular weight excluding hydrogens is 1260 g/mol. The van der Waals surface area contributed by atoms with Crippen LogP contribution in [-0.2, 0) is 27.3 Å². The molecular formula is C75H90N14O10. The highest BCUT2D eigenvalue weighted by Crippen LogP contribution is 2.34. The number of pyridine rings is 4. The van der Waals surface area contributed by atoms with Gasteiger partial charge in [0.15, 0.2) is 29.4 Å². The average molecular weight is 1350 g/mol. The number of anilines is 6. The van der Waals surface area contributed by atoms with E-state index in [-0.39, 0.29) is 70.4 Å². The molecule has 24 nitrogen and oxygen atoms in total. The van der Waals surface area contributed by atoms with Gasteiger partial charge in [0.25, 0.3) is 11.1 Å². The van der Waals surface area contributed by atoms with Crippen LogP contribution in [0.3, 0.4) is 0 Å². The van der Waals surface area contributed by atoms with Gasteiger partial charge < -0.3 is 39.8 Å². The van der Waals surface area contributed by atoms with Crippen LogP contribution in [0.1, 0.15) is 173 Å². The second-order valence-corrected chi connectivity index (χ2v) is 26.6. The summed E-state index contributed by atoms with van der Waals surface area (Å²) < 4.78 is 19.6. The third kappa shape index (κ3) is 17.0. The third-order valence-electron chi connectivity index (χ3n) is 19.8. The van der Waals surface area contributed by atoms with E-state index in [1.807, 2.05) is 73.1 Å². The number of benzene rings is 2. The number of ether oxygens (including phenoxy) is 3. The molecule has 1 atom stereocenters. The van der Waals surface area contributed by atoms with Crippen molar-refractivity contribution in [2.75, 3.05) is 106 Å². The number of hydrogen-bond donors (Lipinski definition) is 3. The first kappa shape index (κ1) is 69.8. The highest BCUT2D eigenvalue weighted by atomic mass is 16.7. The molecule has 0 radical (unpaired) electrons. The maximum Gasteiger partial charge on any atom is 0.263 e. The van der Waals surface area contributed by atoms with Crippen LogP contribution in [0.5, 0.6) is 0 Å². The highest BCUT2D eigenvalue weighted by molar-refractivity contribution is 6.01. The van der Waals surface area contributed by atoms with E-state index in [9.17, 15) is 28.8 Å². The molecule has 6 aliphatic rings. The molecule has 6 aromatic heterocycles. The molecule has 4 aliphatic heterocycles. The molecule has 0 bridgehead atoms. The molecule has 4 saturated heterocycles. The molecule has 3 N–H and O–H groups in total. The van der Waals surface area contributed by atoms with Gasteiger partial charge in [0.05, 0.1) is 34.9 Å². The van der Waals surface area contributed by atoms with Crippen molar-refractivity contribution in [3.05, 3.63) is 163 Å². The summed E-state index contributed by atoms with van der Waals surface area (Å²) in [5, 5.41) is 16.9. The van der Waals surface area contributed by atoms with Crippen LogP contribution in [0.25, 0.3) is 22.1 Å². The maximum absolute atomic E-state index is 13.5. The number of Topliss-reactive ketones (excluding diaryl/α,β-unsaturated/α-hetero) is 4. The molecule has 10 heterocycles. The Kier molecular flexibility index (Phi) is 23.1. The Balaban J connectivity index is 0.000000177. The van der Waals surface area contributed by atoms with Crippen LogP contribution < -0.4 is 31.6 Å². The lowest BCUT2D eigenvalue weighted by atomic mass is 10.0. The number of aliphatic hydroxyl groups is 1. The number of ketones is 4. The van der Waals surface area contributed by atoms with Gasteiger partial charge in [-0.15, -0.1) is 0 Å². The van der Waals surface area contributed by atoms with E-state index >= 15 is 0 Å². The number of rotatable bonds is 20. The van der Waals surface area contributed by atoms with Gasteiger partial charge in [-0.2, -0.15) is 9.97 Å². The van der Waals surface area contributed by atoms with Gasteiger partial charge in [0, 0.05) is 132 Å². The predicted molar refractivity (Wildman–Crippen MR) is 380 cm³/mol. The number of carbonyl (C=O) groups is 4. The molecule has 6 fully saturated rings. The van der Waals surface area contributed by atoms with Gasteiger partial charge in [-0.25, -0.2) is 19.9 Å². The van der Waals surface area contributed by atoms with E-state index in [1.165, 1.54) is 32.3 Å². The molecule has 1 unspecified atom stereocenters. The lowest BCUT2D eigenvalue weighted by molar-refractivity contribution is -0.155. The lowest BCUT2D eigenvalue weighted by Gasteiger charge is -2.36. The van der Waals surface area contributed by atoms with E-state index < -0.39 is 6.61 Å². The van der Waals surface area contributed by atoms with Crippen LogP contribution in [-0.4, -0.2) is 169 Å². The number of aryl methyl sites for hydroxylation is 2. The van der Waals surface area contributed by atoms with Gasteiger partial charge in [-0.05, 0) is 132 Å². The number of fused-ring (bicyclic) bond motifs is 2. The molecule has 99 heavy (non-hydrogen) atoms. The number of aromatic nitrogens is 8. The normalized spacial score (nSPS) is 17.8. The van der Waals surface area contributed by atoms with Gasteiger partial charge in [0.1, 0.15) is 36.1 Å². The fourth-order valence-electron chi connectivity index (χ4n) is 14.3. The standard InChI is InChI=1S/C38H45N7O5.C33H37N7O4.C4H8O/c1-25-31-22-40-38(42-36(31)45(29-7-3-4-8-29)37(48)35(25)26(2)46)41-33-15-14-30(21-39-33)44-18-16-43(17-19-44)23-27-10-12-28(13-11-27)32(47)24-50-34-9-5-6-20-49-34;1-21-27-18-35-33(37-31(27)40(25-5-3-4-6-25)32(44)30(21)22(2)42)36-29-12-11-26(17-34-29)39-15-13-38(14-16-39)19-23-7-9-24(10-8-23)28(43)20-41;1-2-4-5-3-1/h10-15,21-22,29,34H,3-9,16-20,23-24H2,1-2H3,(H,39,40,41,42);7-12,17-18,25,41H,3-6,13-16,19-20H2,1-2H3,(H,34,35,36,37);1-4H2. The third-order valence-corrected chi connectivity index (χ3v) is 19.8. The predicted octanol–water partition coefficient (Wildman–Crippen LogP) is 10.5. The van der Waals surface area contributed by atoms with Crippen molar-refractivity contribution in [1.82, 2.24) is 48.8 Å². The van der Waals surface area contributed by atoms with Gasteiger partial charge in [0.2, 0.25) is 11.9 Å². The number of nitrogens with zero attached hydrogens (tertiary/aromatic N) is 12. The van der Waals surface area contributed by atoms with Gasteiger partial charge in [-0.1, -0.05) is 74.2 Å². The zero-order chi connectivity index (χ0) is 68.9. The number of piperazine rings is 2. The number of aliphatic hydroxyl groups excluding tert-OH is 1. The van der Waals surface area contributed by atoms with Crippen molar-refractivity contribution in [3.63, 3.8) is 0 Å². The minimum absolute atomic E-state index is 0.0208. The topological polar surface area (TPSA) is 275 Å². The van der Waals surface area contributed by atoms with Crippen molar-refractivity contribution in [1.29, 1.82) is 0 Å². The van der Waals surface area contributed by atoms with Crippen molar-refractivity contribution in [2.45, 2.75) is 143 Å². The molecule has 2 aromatic carbocycles. The van der Waals surface area contributed by atoms with E-state index in [2.05, 4.69) is 50.2 Å². The Hall–Kier alpha value is -9.04. The Labute approximate surface area is 576 Å². The molecule has 0 amide bonds. The Bertz CT molecular complexity index is 4250. The summed E-state index contributed by atoms with van der Waals surface area (Å²) in [4.78, 5) is 113. The summed E-state index contributed by atoms with van der Waals surface area (Å²) in [5.74, 6) is 1.14. The molecule has 2 aliphatic carbocycles. The Morgan fingerprint density at radius 2 is 0.939 bits per heavy atom. The van der Waals surface area contributed by atoms with E-state index in [0.29, 0.717) is 74.5 Å². The molecule has 14 rings (SSSR count). The summed E-state index contributed by atoms with van der Waals surface area (Å²) in [6, 6.07) is 23.2. The Morgan fingerprint density at radius 1 is 0.515 bits per heavy atom. The summed E-state index contributed by atoms with van der Waals surface area (Å²) in [6.45, 7) is 17.5. The summed E-state index contributed by atoms with van der Waals surface area (Å²) in [6.07, 6.45) is 20.1. The Morgan fingerprint density at radius 3 is 1.31 bits per heavy atom. The maximum atomic E-state index is 13.5.